The van der Waals surface area contributed by atoms with E-state index < -0.39 is 0 Å². The van der Waals surface area contributed by atoms with Crippen molar-refractivity contribution in [1.29, 1.82) is 0 Å². The van der Waals surface area contributed by atoms with Crippen LogP contribution >= 0.6 is 23.1 Å². The molecule has 172 valence electrons. The van der Waals surface area contributed by atoms with Gasteiger partial charge < -0.3 is 14.8 Å². The molecule has 0 saturated carbocycles. The molecule has 1 unspecified atom stereocenters. The molecule has 3 rings (SSSR count). The highest BCUT2D eigenvalue weighted by atomic mass is 32.2. The third-order valence-electron chi connectivity index (χ3n) is 4.85. The summed E-state index contributed by atoms with van der Waals surface area (Å²) in [5.74, 6) is 2.23. The SMILES string of the molecule is CCOc1ccc(CCNC(=O)C(C)Sc2nc(C)nc3sc(CC)cc23)cc1OCC. The monoisotopic (exact) mass is 473 g/mol. The van der Waals surface area contributed by atoms with Gasteiger partial charge in [-0.05, 0) is 64.3 Å². The average Bonchev–Trinajstić information content (AvgIpc) is 3.19. The summed E-state index contributed by atoms with van der Waals surface area (Å²) in [6.07, 6.45) is 1.69. The van der Waals surface area contributed by atoms with Crippen LogP contribution in [0.25, 0.3) is 10.2 Å². The van der Waals surface area contributed by atoms with E-state index in [4.69, 9.17) is 9.47 Å². The molecule has 8 heteroatoms. The first kappa shape index (κ1) is 24.3. The predicted molar refractivity (Wildman–Crippen MR) is 132 cm³/mol. The van der Waals surface area contributed by atoms with Gasteiger partial charge in [0.1, 0.15) is 15.7 Å². The van der Waals surface area contributed by atoms with E-state index in [0.29, 0.717) is 19.8 Å². The Morgan fingerprint density at radius 3 is 2.59 bits per heavy atom. The lowest BCUT2D eigenvalue weighted by atomic mass is 10.1. The van der Waals surface area contributed by atoms with Crippen molar-refractivity contribution in [3.05, 3.63) is 40.5 Å². The second kappa shape index (κ2) is 11.5. The van der Waals surface area contributed by atoms with Crippen LogP contribution in [0.5, 0.6) is 11.5 Å². The number of hydrogen-bond donors (Lipinski definition) is 1. The second-order valence-corrected chi connectivity index (χ2v) is 9.75. The van der Waals surface area contributed by atoms with Crippen LogP contribution in [0.15, 0.2) is 29.3 Å². The fourth-order valence-corrected chi connectivity index (χ4v) is 5.33. The lowest BCUT2D eigenvalue weighted by Gasteiger charge is -2.14. The first-order valence-corrected chi connectivity index (χ1v) is 12.7. The lowest BCUT2D eigenvalue weighted by molar-refractivity contribution is -0.120. The number of carbonyl (C=O) groups is 1. The molecule has 1 aromatic carbocycles. The largest absolute Gasteiger partial charge is 0.490 e. The number of hydrogen-bond acceptors (Lipinski definition) is 7. The fourth-order valence-electron chi connectivity index (χ4n) is 3.26. The van der Waals surface area contributed by atoms with Crippen molar-refractivity contribution < 1.29 is 14.3 Å². The Morgan fingerprint density at radius 1 is 1.12 bits per heavy atom. The molecule has 32 heavy (non-hydrogen) atoms. The van der Waals surface area contributed by atoms with E-state index >= 15 is 0 Å². The van der Waals surface area contributed by atoms with E-state index in [2.05, 4.69) is 28.3 Å². The number of ether oxygens (including phenoxy) is 2. The topological polar surface area (TPSA) is 73.3 Å². The first-order chi connectivity index (χ1) is 15.4. The zero-order valence-corrected chi connectivity index (χ0v) is 21.0. The number of thiophene rings is 1. The average molecular weight is 474 g/mol. The normalized spacial score (nSPS) is 12.0. The van der Waals surface area contributed by atoms with Crippen LogP contribution in [0.2, 0.25) is 0 Å². The molecule has 0 aliphatic rings. The van der Waals surface area contributed by atoms with Gasteiger partial charge >= 0.3 is 0 Å². The van der Waals surface area contributed by atoms with Crippen LogP contribution in [-0.2, 0) is 17.6 Å². The molecule has 0 aliphatic carbocycles. The van der Waals surface area contributed by atoms with Crippen LogP contribution in [-0.4, -0.2) is 40.9 Å². The Hall–Kier alpha value is -2.32. The van der Waals surface area contributed by atoms with Crippen molar-refractivity contribution in [3.63, 3.8) is 0 Å². The van der Waals surface area contributed by atoms with Gasteiger partial charge in [-0.3, -0.25) is 4.79 Å². The molecule has 0 aliphatic heterocycles. The van der Waals surface area contributed by atoms with Crippen LogP contribution in [0.1, 0.15) is 44.0 Å². The van der Waals surface area contributed by atoms with Gasteiger partial charge in [-0.2, -0.15) is 0 Å². The fraction of sp³-hybridized carbons (Fsp3) is 0.458. The van der Waals surface area contributed by atoms with Crippen LogP contribution < -0.4 is 14.8 Å². The predicted octanol–water partition coefficient (Wildman–Crippen LogP) is 5.20. The summed E-state index contributed by atoms with van der Waals surface area (Å²) in [5, 5.41) is 4.71. The highest BCUT2D eigenvalue weighted by Gasteiger charge is 2.18. The quantitative estimate of drug-likeness (QED) is 0.305. The molecule has 3 aromatic rings. The van der Waals surface area contributed by atoms with E-state index in [1.807, 2.05) is 45.9 Å². The van der Waals surface area contributed by atoms with Crippen molar-refractivity contribution in [3.8, 4) is 11.5 Å². The van der Waals surface area contributed by atoms with E-state index in [1.165, 1.54) is 16.6 Å². The highest BCUT2D eigenvalue weighted by Crippen LogP contribution is 2.33. The molecule has 2 aromatic heterocycles. The van der Waals surface area contributed by atoms with Crippen molar-refractivity contribution >= 4 is 39.2 Å². The van der Waals surface area contributed by atoms with Gasteiger partial charge in [0.05, 0.1) is 18.5 Å². The first-order valence-electron chi connectivity index (χ1n) is 11.0. The Balaban J connectivity index is 1.59. The van der Waals surface area contributed by atoms with Gasteiger partial charge in [-0.15, -0.1) is 11.3 Å². The maximum atomic E-state index is 12.7. The number of nitrogens with zero attached hydrogens (tertiary/aromatic N) is 2. The molecule has 0 bridgehead atoms. The van der Waals surface area contributed by atoms with E-state index in [0.717, 1.165) is 51.0 Å². The summed E-state index contributed by atoms with van der Waals surface area (Å²) in [5.41, 5.74) is 1.09. The third kappa shape index (κ3) is 6.13. The van der Waals surface area contributed by atoms with E-state index in [-0.39, 0.29) is 11.2 Å². The van der Waals surface area contributed by atoms with Gasteiger partial charge in [0.2, 0.25) is 5.91 Å². The van der Waals surface area contributed by atoms with Crippen molar-refractivity contribution in [2.75, 3.05) is 19.8 Å². The van der Waals surface area contributed by atoms with Crippen molar-refractivity contribution in [1.82, 2.24) is 15.3 Å². The molecule has 6 nitrogen and oxygen atoms in total. The number of nitrogens with one attached hydrogen (secondary N) is 1. The summed E-state index contributed by atoms with van der Waals surface area (Å²) in [6.45, 7) is 11.6. The number of aromatic nitrogens is 2. The molecule has 0 saturated heterocycles. The second-order valence-electron chi connectivity index (χ2n) is 7.31. The number of carbonyl (C=O) groups excluding carboxylic acids is 1. The van der Waals surface area contributed by atoms with Gasteiger partial charge in [-0.1, -0.05) is 24.8 Å². The summed E-state index contributed by atoms with van der Waals surface area (Å²) in [7, 11) is 0. The highest BCUT2D eigenvalue weighted by molar-refractivity contribution is 8.00. The number of rotatable bonds is 11. The number of aryl methyl sites for hydroxylation is 2. The summed E-state index contributed by atoms with van der Waals surface area (Å²) >= 11 is 3.19. The number of fused-ring (bicyclic) bond motifs is 1. The minimum absolute atomic E-state index is 0.00123. The Kier molecular flexibility index (Phi) is 8.75. The molecule has 2 heterocycles. The maximum Gasteiger partial charge on any atom is 0.233 e. The molecule has 1 amide bonds. The smallest absolute Gasteiger partial charge is 0.233 e. The van der Waals surface area contributed by atoms with Gasteiger partial charge in [-0.25, -0.2) is 9.97 Å². The van der Waals surface area contributed by atoms with Crippen LogP contribution in [0.3, 0.4) is 0 Å². The lowest BCUT2D eigenvalue weighted by Crippen LogP contribution is -2.32. The molecule has 0 fully saturated rings. The summed E-state index contributed by atoms with van der Waals surface area (Å²) in [6, 6.07) is 8.08. The van der Waals surface area contributed by atoms with Gasteiger partial charge in [0.15, 0.2) is 11.5 Å². The van der Waals surface area contributed by atoms with Gasteiger partial charge in [0, 0.05) is 16.8 Å². The van der Waals surface area contributed by atoms with Crippen LogP contribution in [0, 0.1) is 6.92 Å². The Morgan fingerprint density at radius 2 is 1.88 bits per heavy atom. The van der Waals surface area contributed by atoms with E-state index in [9.17, 15) is 4.79 Å². The zero-order valence-electron chi connectivity index (χ0n) is 19.4. The Labute approximate surface area is 198 Å². The molecular formula is C24H31N3O3S2. The minimum Gasteiger partial charge on any atom is -0.490 e. The Bertz CT molecular complexity index is 1070. The zero-order chi connectivity index (χ0) is 23.1. The number of amides is 1. The third-order valence-corrected chi connectivity index (χ3v) is 7.12. The molecular weight excluding hydrogens is 442 g/mol. The molecule has 0 radical (unpaired) electrons. The minimum atomic E-state index is -0.253. The van der Waals surface area contributed by atoms with Crippen molar-refractivity contribution in [2.45, 2.75) is 57.7 Å². The van der Waals surface area contributed by atoms with Crippen molar-refractivity contribution in [2.24, 2.45) is 0 Å². The van der Waals surface area contributed by atoms with Gasteiger partial charge in [0.25, 0.3) is 0 Å². The summed E-state index contributed by atoms with van der Waals surface area (Å²) < 4.78 is 11.3. The molecule has 0 spiro atoms. The van der Waals surface area contributed by atoms with E-state index in [1.54, 1.807) is 11.3 Å². The number of benzene rings is 1. The van der Waals surface area contributed by atoms with Crippen LogP contribution in [0.4, 0.5) is 0 Å². The molecule has 1 atom stereocenters. The number of thioether (sulfide) groups is 1. The standard InChI is InChI=1S/C24H31N3O3S2/c1-6-18-14-19-23(26-16(5)27-24(19)32-18)31-15(4)22(28)25-12-11-17-9-10-20(29-7-2)21(13-17)30-8-3/h9-10,13-15H,6-8,11-12H2,1-5H3,(H,25,28). The summed E-state index contributed by atoms with van der Waals surface area (Å²) in [4.78, 5) is 24.1. The molecule has 1 N–H and O–H groups in total. The maximum absolute atomic E-state index is 12.7.